The van der Waals surface area contributed by atoms with Crippen molar-refractivity contribution >= 4 is 47.4 Å². The van der Waals surface area contributed by atoms with E-state index in [2.05, 4.69) is 23.3 Å². The molecule has 3 atom stereocenters. The second kappa shape index (κ2) is 8.05. The quantitative estimate of drug-likeness (QED) is 0.620. The minimum Gasteiger partial charge on any atom is -0.325 e. The lowest BCUT2D eigenvalue weighted by atomic mass is 9.77. The summed E-state index contributed by atoms with van der Waals surface area (Å²) in [5.41, 5.74) is 1.63. The Balaban J connectivity index is 1.57. The average molecular weight is 426 g/mol. The van der Waals surface area contributed by atoms with Gasteiger partial charge in [0.05, 0.1) is 16.4 Å². The van der Waals surface area contributed by atoms with Crippen molar-refractivity contribution in [2.24, 2.45) is 11.8 Å². The molecule has 144 valence electrons. The number of nitrogens with one attached hydrogen (secondary N) is 2. The van der Waals surface area contributed by atoms with Crippen molar-refractivity contribution < 1.29 is 9.63 Å². The van der Waals surface area contributed by atoms with Crippen molar-refractivity contribution in [3.8, 4) is 0 Å². The zero-order valence-corrected chi connectivity index (χ0v) is 17.0. The summed E-state index contributed by atoms with van der Waals surface area (Å²) in [6.45, 7) is 0.279. The van der Waals surface area contributed by atoms with E-state index in [0.29, 0.717) is 15.1 Å². The van der Waals surface area contributed by atoms with Crippen LogP contribution in [-0.4, -0.2) is 29.8 Å². The van der Waals surface area contributed by atoms with E-state index in [0.717, 1.165) is 18.0 Å². The molecule has 2 bridgehead atoms. The molecular formula is C19H21Cl2N3O2S. The van der Waals surface area contributed by atoms with Crippen LogP contribution in [0.1, 0.15) is 19.3 Å². The number of allylic oxidation sites excluding steroid dienone is 2. The Morgan fingerprint density at radius 2 is 2.26 bits per heavy atom. The van der Waals surface area contributed by atoms with Crippen molar-refractivity contribution in [2.75, 3.05) is 12.0 Å². The monoisotopic (exact) mass is 425 g/mol. The zero-order valence-electron chi connectivity index (χ0n) is 14.6. The SMILES string of the molecule is O=C(Nc1cccc(Cl)c1)C1NCON2/C(=C\C=C(/S)Cl)[C@@H]1C2CC1CC1. The fourth-order valence-electron chi connectivity index (χ4n) is 3.80. The number of amides is 1. The van der Waals surface area contributed by atoms with Gasteiger partial charge in [-0.05, 0) is 42.7 Å². The van der Waals surface area contributed by atoms with Crippen LogP contribution < -0.4 is 10.6 Å². The van der Waals surface area contributed by atoms with Crippen molar-refractivity contribution in [3.63, 3.8) is 0 Å². The molecule has 1 amide bonds. The first-order valence-electron chi connectivity index (χ1n) is 9.01. The topological polar surface area (TPSA) is 53.6 Å². The normalized spacial score (nSPS) is 29.3. The summed E-state index contributed by atoms with van der Waals surface area (Å²) >= 11 is 16.0. The number of carbonyl (C=O) groups excluding carboxylic acids is 1. The van der Waals surface area contributed by atoms with Crippen LogP contribution in [0.3, 0.4) is 0 Å². The molecule has 0 spiro atoms. The molecule has 4 fully saturated rings. The lowest BCUT2D eigenvalue weighted by molar-refractivity contribution is -0.207. The molecule has 2 unspecified atom stereocenters. The number of hydrogen-bond acceptors (Lipinski definition) is 5. The van der Waals surface area contributed by atoms with E-state index >= 15 is 0 Å². The summed E-state index contributed by atoms with van der Waals surface area (Å²) in [6.07, 6.45) is 7.14. The molecule has 3 heterocycles. The molecule has 1 aliphatic carbocycles. The Labute approximate surface area is 174 Å². The molecule has 1 aromatic rings. The van der Waals surface area contributed by atoms with E-state index in [-0.39, 0.29) is 24.6 Å². The number of nitrogens with zero attached hydrogens (tertiary/aromatic N) is 1. The van der Waals surface area contributed by atoms with Gasteiger partial charge in [0.25, 0.3) is 0 Å². The van der Waals surface area contributed by atoms with E-state index in [4.69, 9.17) is 28.0 Å². The third kappa shape index (κ3) is 4.30. The van der Waals surface area contributed by atoms with Crippen LogP contribution in [0.2, 0.25) is 5.02 Å². The van der Waals surface area contributed by atoms with E-state index < -0.39 is 6.04 Å². The molecule has 5 rings (SSSR count). The number of hydrogen-bond donors (Lipinski definition) is 3. The number of hydroxylamine groups is 2. The van der Waals surface area contributed by atoms with Crippen molar-refractivity contribution in [3.05, 3.63) is 51.5 Å². The molecule has 8 heteroatoms. The van der Waals surface area contributed by atoms with Gasteiger partial charge in [-0.1, -0.05) is 42.1 Å². The highest BCUT2D eigenvalue weighted by Crippen LogP contribution is 2.47. The molecule has 1 aromatic carbocycles. The van der Waals surface area contributed by atoms with Crippen LogP contribution in [0.5, 0.6) is 0 Å². The molecular weight excluding hydrogens is 405 g/mol. The maximum absolute atomic E-state index is 13.0. The summed E-state index contributed by atoms with van der Waals surface area (Å²) < 4.78 is 0.388. The second-order valence-corrected chi connectivity index (χ2v) is 8.72. The Morgan fingerprint density at radius 1 is 1.44 bits per heavy atom. The van der Waals surface area contributed by atoms with Crippen LogP contribution in [0.15, 0.2) is 46.5 Å². The van der Waals surface area contributed by atoms with E-state index in [9.17, 15) is 4.79 Å². The Morgan fingerprint density at radius 3 is 2.96 bits per heavy atom. The van der Waals surface area contributed by atoms with Crippen LogP contribution in [0.4, 0.5) is 5.69 Å². The van der Waals surface area contributed by atoms with Crippen LogP contribution in [-0.2, 0) is 9.63 Å². The third-order valence-corrected chi connectivity index (χ3v) is 5.73. The number of fused-ring (bicyclic) bond motifs is 3. The lowest BCUT2D eigenvalue weighted by Crippen LogP contribution is -2.59. The fourth-order valence-corrected chi connectivity index (χ4v) is 4.13. The van der Waals surface area contributed by atoms with E-state index in [1.807, 2.05) is 23.3 Å². The van der Waals surface area contributed by atoms with Crippen LogP contribution >= 0.6 is 35.8 Å². The molecule has 3 saturated heterocycles. The zero-order chi connectivity index (χ0) is 19.0. The Hall–Kier alpha value is -1.18. The fraction of sp³-hybridized carbons (Fsp3) is 0.421. The van der Waals surface area contributed by atoms with Crippen molar-refractivity contribution in [2.45, 2.75) is 31.3 Å². The minimum atomic E-state index is -0.398. The van der Waals surface area contributed by atoms with Gasteiger partial charge in [-0.25, -0.2) is 0 Å². The van der Waals surface area contributed by atoms with Gasteiger partial charge in [0.2, 0.25) is 5.91 Å². The lowest BCUT2D eigenvalue weighted by Gasteiger charge is -2.50. The van der Waals surface area contributed by atoms with Crippen molar-refractivity contribution in [1.82, 2.24) is 10.4 Å². The number of halogens is 2. The molecule has 0 radical (unpaired) electrons. The summed E-state index contributed by atoms with van der Waals surface area (Å²) in [7, 11) is 0. The van der Waals surface area contributed by atoms with Gasteiger partial charge in [0.15, 0.2) is 0 Å². The first-order chi connectivity index (χ1) is 13.0. The van der Waals surface area contributed by atoms with Crippen molar-refractivity contribution in [1.29, 1.82) is 0 Å². The highest BCUT2D eigenvalue weighted by atomic mass is 35.5. The van der Waals surface area contributed by atoms with Gasteiger partial charge in [-0.2, -0.15) is 0 Å². The summed E-state index contributed by atoms with van der Waals surface area (Å²) in [6, 6.07) is 6.94. The number of anilines is 1. The second-order valence-electron chi connectivity index (χ2n) is 7.13. The Kier molecular flexibility index (Phi) is 5.71. The summed E-state index contributed by atoms with van der Waals surface area (Å²) in [5, 5.41) is 8.70. The first kappa shape index (κ1) is 19.2. The summed E-state index contributed by atoms with van der Waals surface area (Å²) in [4.78, 5) is 18.9. The van der Waals surface area contributed by atoms with Gasteiger partial charge in [-0.3, -0.25) is 20.0 Å². The smallest absolute Gasteiger partial charge is 0.242 e. The van der Waals surface area contributed by atoms with Crippen LogP contribution in [0, 0.1) is 11.8 Å². The van der Waals surface area contributed by atoms with Gasteiger partial charge in [-0.15, -0.1) is 12.6 Å². The largest absolute Gasteiger partial charge is 0.325 e. The molecule has 5 nitrogen and oxygen atoms in total. The number of rotatable bonds is 5. The molecule has 3 aliphatic heterocycles. The van der Waals surface area contributed by atoms with E-state index in [1.165, 1.54) is 12.8 Å². The molecule has 1 saturated carbocycles. The first-order valence-corrected chi connectivity index (χ1v) is 10.2. The molecule has 2 N–H and O–H groups in total. The Bertz CT molecular complexity index is 793. The maximum atomic E-state index is 13.0. The molecule has 0 aromatic heterocycles. The number of benzene rings is 1. The highest BCUT2D eigenvalue weighted by molar-refractivity contribution is 7.86. The van der Waals surface area contributed by atoms with Gasteiger partial charge in [0, 0.05) is 22.3 Å². The molecule has 27 heavy (non-hydrogen) atoms. The average Bonchev–Trinajstić information content (AvgIpc) is 3.44. The predicted molar refractivity (Wildman–Crippen MR) is 110 cm³/mol. The van der Waals surface area contributed by atoms with Gasteiger partial charge in [0.1, 0.15) is 6.73 Å². The van der Waals surface area contributed by atoms with E-state index in [1.54, 1.807) is 18.2 Å². The number of carbonyl (C=O) groups is 1. The number of thiol groups is 1. The van der Waals surface area contributed by atoms with Gasteiger partial charge < -0.3 is 5.32 Å². The highest BCUT2D eigenvalue weighted by Gasteiger charge is 2.53. The summed E-state index contributed by atoms with van der Waals surface area (Å²) in [5.74, 6) is 0.650. The standard InChI is InChI=1S/C19H21Cl2N3O2S/c20-12-2-1-3-13(9-12)23-19(25)18-17-14(6-7-16(21)27)24(26-10-22-18)15(17)8-11-4-5-11/h1-3,6-7,9,11,15,17-18,22,27H,4-5,8,10H2,(H,23,25)/b14-6-,16-7-/t15?,17-,18?/m1/s1. The molecule has 4 aliphatic rings. The predicted octanol–water partition coefficient (Wildman–Crippen LogP) is 4.13. The van der Waals surface area contributed by atoms with Gasteiger partial charge >= 0.3 is 0 Å². The maximum Gasteiger partial charge on any atom is 0.242 e. The minimum absolute atomic E-state index is 0.0212. The van der Waals surface area contributed by atoms with Crippen LogP contribution in [0.25, 0.3) is 0 Å². The third-order valence-electron chi connectivity index (χ3n) is 5.22.